The van der Waals surface area contributed by atoms with Crippen molar-refractivity contribution in [3.05, 3.63) is 32.1 Å². The molecule has 0 saturated heterocycles. The summed E-state index contributed by atoms with van der Waals surface area (Å²) in [5.41, 5.74) is -0.815. The van der Waals surface area contributed by atoms with Crippen LogP contribution in [0.2, 0.25) is 5.15 Å². The van der Waals surface area contributed by atoms with Gasteiger partial charge < -0.3 is 0 Å². The molecule has 0 spiro atoms. The van der Waals surface area contributed by atoms with Gasteiger partial charge in [0.2, 0.25) is 0 Å². The summed E-state index contributed by atoms with van der Waals surface area (Å²) < 4.78 is 1.17. The zero-order valence-electron chi connectivity index (χ0n) is 7.91. The molecule has 0 aliphatic heterocycles. The van der Waals surface area contributed by atoms with Crippen LogP contribution in [-0.4, -0.2) is 21.6 Å². The van der Waals surface area contributed by atoms with E-state index in [1.165, 1.54) is 10.6 Å². The van der Waals surface area contributed by atoms with Gasteiger partial charge >= 0.3 is 5.69 Å². The predicted octanol–water partition coefficient (Wildman–Crippen LogP) is 1.11. The van der Waals surface area contributed by atoms with Gasteiger partial charge in [0.15, 0.2) is 0 Å². The van der Waals surface area contributed by atoms with Crippen LogP contribution in [-0.2, 0) is 0 Å². The Bertz CT molecular complexity index is 395. The van der Waals surface area contributed by atoms with Crippen LogP contribution in [0.3, 0.4) is 0 Å². The number of hydrogen-bond acceptors (Lipinski definition) is 3. The number of aromatic nitrogens is 2. The third kappa shape index (κ3) is 2.42. The lowest BCUT2D eigenvalue weighted by molar-refractivity contribution is 0.554. The number of aromatic amines is 1. The molecule has 78 valence electrons. The summed E-state index contributed by atoms with van der Waals surface area (Å²) >= 11 is 7.11. The lowest BCUT2D eigenvalue weighted by atomic mass is 10.4. The van der Waals surface area contributed by atoms with Crippen molar-refractivity contribution in [1.29, 1.82) is 0 Å². The predicted molar refractivity (Wildman–Crippen MR) is 59.4 cm³/mol. The number of H-pyrrole nitrogens is 1. The Morgan fingerprint density at radius 1 is 1.64 bits per heavy atom. The van der Waals surface area contributed by atoms with E-state index in [0.717, 1.165) is 0 Å². The fourth-order valence-corrected chi connectivity index (χ4v) is 2.02. The minimum atomic E-state index is -0.455. The van der Waals surface area contributed by atoms with E-state index in [-0.39, 0.29) is 16.8 Å². The molecule has 0 amide bonds. The summed E-state index contributed by atoms with van der Waals surface area (Å²) in [6, 6.07) is 1.08. The average molecular weight is 235 g/mol. The monoisotopic (exact) mass is 234 g/mol. The maximum atomic E-state index is 11.4. The first kappa shape index (κ1) is 11.4. The lowest BCUT2D eigenvalue weighted by Gasteiger charge is -2.11. The van der Waals surface area contributed by atoms with Crippen molar-refractivity contribution in [1.82, 2.24) is 9.55 Å². The van der Waals surface area contributed by atoms with Crippen LogP contribution in [0.25, 0.3) is 0 Å². The van der Waals surface area contributed by atoms with Crippen LogP contribution in [0.4, 0.5) is 0 Å². The molecule has 0 radical (unpaired) electrons. The van der Waals surface area contributed by atoms with Gasteiger partial charge in [-0.05, 0) is 13.2 Å². The van der Waals surface area contributed by atoms with E-state index < -0.39 is 5.69 Å². The van der Waals surface area contributed by atoms with Crippen molar-refractivity contribution in [3.63, 3.8) is 0 Å². The molecule has 0 aromatic carbocycles. The Morgan fingerprint density at radius 2 is 2.29 bits per heavy atom. The number of nitrogens with one attached hydrogen (secondary N) is 1. The number of rotatable bonds is 3. The first-order valence-corrected chi connectivity index (χ1v) is 5.83. The highest BCUT2D eigenvalue weighted by Gasteiger charge is 2.09. The molecule has 6 heteroatoms. The molecule has 1 aromatic heterocycles. The summed E-state index contributed by atoms with van der Waals surface area (Å²) in [6.07, 6.45) is 1.92. The maximum absolute atomic E-state index is 11.4. The average Bonchev–Trinajstić information content (AvgIpc) is 2.01. The van der Waals surface area contributed by atoms with Crippen LogP contribution in [0.15, 0.2) is 15.7 Å². The first-order valence-electron chi connectivity index (χ1n) is 4.06. The van der Waals surface area contributed by atoms with Crippen LogP contribution in [0, 0.1) is 0 Å². The minimum Gasteiger partial charge on any atom is -0.298 e. The first-order chi connectivity index (χ1) is 6.56. The Morgan fingerprint density at radius 3 is 2.79 bits per heavy atom. The molecule has 1 heterocycles. The van der Waals surface area contributed by atoms with Gasteiger partial charge in [-0.1, -0.05) is 11.6 Å². The molecule has 0 fully saturated rings. The number of thioether (sulfide) groups is 1. The van der Waals surface area contributed by atoms with E-state index in [2.05, 4.69) is 4.98 Å². The second-order valence-corrected chi connectivity index (χ2v) is 4.25. The van der Waals surface area contributed by atoms with Gasteiger partial charge in [-0.2, -0.15) is 11.8 Å². The standard InChI is InChI=1S/C8H11ClN2O2S/c1-5(4-14-2)11-7(12)3-6(9)10-8(11)13/h3,5H,4H2,1-2H3,(H,10,13). The van der Waals surface area contributed by atoms with Crippen molar-refractivity contribution in [2.24, 2.45) is 0 Å². The molecule has 1 atom stereocenters. The molecular weight excluding hydrogens is 224 g/mol. The van der Waals surface area contributed by atoms with Gasteiger partial charge in [0.1, 0.15) is 5.15 Å². The molecule has 0 saturated carbocycles. The third-order valence-corrected chi connectivity index (χ3v) is 2.80. The van der Waals surface area contributed by atoms with Crippen LogP contribution in [0.5, 0.6) is 0 Å². The Hall–Kier alpha value is -0.680. The van der Waals surface area contributed by atoms with E-state index in [9.17, 15) is 9.59 Å². The molecule has 0 aliphatic carbocycles. The second kappa shape index (κ2) is 4.70. The molecule has 4 nitrogen and oxygen atoms in total. The van der Waals surface area contributed by atoms with Gasteiger partial charge in [-0.15, -0.1) is 0 Å². The topological polar surface area (TPSA) is 54.9 Å². The van der Waals surface area contributed by atoms with Crippen LogP contribution < -0.4 is 11.2 Å². The largest absolute Gasteiger partial charge is 0.329 e. The van der Waals surface area contributed by atoms with Gasteiger partial charge in [0.05, 0.1) is 0 Å². The van der Waals surface area contributed by atoms with Crippen LogP contribution in [0.1, 0.15) is 13.0 Å². The smallest absolute Gasteiger partial charge is 0.298 e. The lowest BCUT2D eigenvalue weighted by Crippen LogP contribution is -2.37. The van der Waals surface area contributed by atoms with E-state index in [1.807, 2.05) is 13.2 Å². The molecule has 1 aromatic rings. The highest BCUT2D eigenvalue weighted by molar-refractivity contribution is 7.98. The molecule has 1 rings (SSSR count). The highest BCUT2D eigenvalue weighted by atomic mass is 35.5. The van der Waals surface area contributed by atoms with Crippen molar-refractivity contribution in [2.75, 3.05) is 12.0 Å². The minimum absolute atomic E-state index is 0.0765. The van der Waals surface area contributed by atoms with Crippen LogP contribution >= 0.6 is 23.4 Å². The zero-order valence-corrected chi connectivity index (χ0v) is 9.48. The summed E-state index contributed by atoms with van der Waals surface area (Å²) in [5, 5.41) is 0.0765. The van der Waals surface area contributed by atoms with Crippen molar-refractivity contribution >= 4 is 23.4 Å². The van der Waals surface area contributed by atoms with Crippen molar-refractivity contribution in [2.45, 2.75) is 13.0 Å². The van der Waals surface area contributed by atoms with Gasteiger partial charge in [0, 0.05) is 17.9 Å². The van der Waals surface area contributed by atoms with Gasteiger partial charge in [-0.25, -0.2) is 4.79 Å². The Balaban J connectivity index is 3.21. The summed E-state index contributed by atoms with van der Waals surface area (Å²) in [7, 11) is 0. The Labute approximate surface area is 90.3 Å². The SMILES string of the molecule is CSCC(C)n1c(=O)cc(Cl)[nH]c1=O. The van der Waals surface area contributed by atoms with Crippen molar-refractivity contribution in [3.8, 4) is 0 Å². The van der Waals surface area contributed by atoms with Gasteiger partial charge in [0.25, 0.3) is 5.56 Å². The molecular formula is C8H11ClN2O2S. The number of hydrogen-bond donors (Lipinski definition) is 1. The number of halogens is 1. The molecule has 1 unspecified atom stereocenters. The van der Waals surface area contributed by atoms with E-state index >= 15 is 0 Å². The summed E-state index contributed by atoms with van der Waals surface area (Å²) in [4.78, 5) is 25.2. The zero-order chi connectivity index (χ0) is 10.7. The molecule has 14 heavy (non-hydrogen) atoms. The fourth-order valence-electron chi connectivity index (χ4n) is 1.21. The van der Waals surface area contributed by atoms with Gasteiger partial charge in [-0.3, -0.25) is 14.3 Å². The van der Waals surface area contributed by atoms with Crippen molar-refractivity contribution < 1.29 is 0 Å². The second-order valence-electron chi connectivity index (χ2n) is 2.94. The third-order valence-electron chi connectivity index (χ3n) is 1.78. The van der Waals surface area contributed by atoms with E-state index in [1.54, 1.807) is 11.8 Å². The summed E-state index contributed by atoms with van der Waals surface area (Å²) in [6.45, 7) is 1.82. The fraction of sp³-hybridized carbons (Fsp3) is 0.500. The normalized spacial score (nSPS) is 12.8. The molecule has 0 bridgehead atoms. The number of nitrogens with zero attached hydrogens (tertiary/aromatic N) is 1. The quantitative estimate of drug-likeness (QED) is 0.798. The highest BCUT2D eigenvalue weighted by Crippen LogP contribution is 2.06. The Kier molecular flexibility index (Phi) is 3.83. The maximum Gasteiger partial charge on any atom is 0.329 e. The summed E-state index contributed by atoms with van der Waals surface area (Å²) in [5.74, 6) is 0.713. The molecule has 0 aliphatic rings. The molecule has 1 N–H and O–H groups in total. The van der Waals surface area contributed by atoms with E-state index in [4.69, 9.17) is 11.6 Å². The van der Waals surface area contributed by atoms with E-state index in [0.29, 0.717) is 5.75 Å².